The Bertz CT molecular complexity index is 794. The number of amides is 1. The van der Waals surface area contributed by atoms with Gasteiger partial charge in [-0.05, 0) is 49.6 Å². The van der Waals surface area contributed by atoms with Crippen LogP contribution in [0, 0.1) is 12.8 Å². The fourth-order valence-corrected chi connectivity index (χ4v) is 3.59. The van der Waals surface area contributed by atoms with Crippen molar-refractivity contribution < 1.29 is 9.90 Å². The van der Waals surface area contributed by atoms with E-state index in [4.69, 9.17) is 5.73 Å². The fraction of sp³-hybridized carbons (Fsp3) is 0.429. The number of likely N-dealkylation sites (tertiary alicyclic amines) is 1. The number of carbonyl (C=O) groups excluding carboxylic acids is 1. The lowest BCUT2D eigenvalue weighted by Crippen LogP contribution is -2.40. The summed E-state index contributed by atoms with van der Waals surface area (Å²) in [6.07, 6.45) is 1.91. The van der Waals surface area contributed by atoms with E-state index in [9.17, 15) is 9.90 Å². The normalized spacial score (nSPS) is 17.7. The van der Waals surface area contributed by atoms with Gasteiger partial charge in [-0.25, -0.2) is 0 Å². The van der Waals surface area contributed by atoms with E-state index in [1.807, 2.05) is 6.92 Å². The molecule has 0 spiro atoms. The molecule has 1 aliphatic rings. The van der Waals surface area contributed by atoms with Gasteiger partial charge in [-0.15, -0.1) is 0 Å². The second-order valence-electron chi connectivity index (χ2n) is 7.32. The molecular formula is C21H28N4O2. The van der Waals surface area contributed by atoms with Crippen LogP contribution >= 0.6 is 0 Å². The number of rotatable bonds is 7. The van der Waals surface area contributed by atoms with Gasteiger partial charge in [0.05, 0.1) is 11.6 Å². The first-order chi connectivity index (χ1) is 13.0. The van der Waals surface area contributed by atoms with E-state index >= 15 is 0 Å². The average molecular weight is 368 g/mol. The number of hydrogen-bond acceptors (Lipinski definition) is 5. The van der Waals surface area contributed by atoms with E-state index in [2.05, 4.69) is 39.5 Å². The van der Waals surface area contributed by atoms with Crippen LogP contribution in [0.1, 0.15) is 35.4 Å². The summed E-state index contributed by atoms with van der Waals surface area (Å²) >= 11 is 0. The summed E-state index contributed by atoms with van der Waals surface area (Å²) in [6.45, 7) is 5.71. The molecule has 27 heavy (non-hydrogen) atoms. The molecule has 0 aliphatic carbocycles. The number of nitrogens with one attached hydrogen (secondary N) is 1. The van der Waals surface area contributed by atoms with Gasteiger partial charge in [0.15, 0.2) is 0 Å². The first-order valence-electron chi connectivity index (χ1n) is 9.47. The number of aromatic hydroxyl groups is 1. The van der Waals surface area contributed by atoms with E-state index in [0.29, 0.717) is 18.8 Å². The van der Waals surface area contributed by atoms with E-state index in [-0.39, 0.29) is 17.6 Å². The number of carbonyl (C=O) groups is 1. The molecule has 1 aromatic heterocycles. The number of aryl methyl sites for hydroxylation is 1. The predicted octanol–water partition coefficient (Wildman–Crippen LogP) is 2.08. The van der Waals surface area contributed by atoms with Crippen LogP contribution in [0.2, 0.25) is 0 Å². The Hall–Kier alpha value is -2.44. The molecule has 1 fully saturated rings. The van der Waals surface area contributed by atoms with Crippen molar-refractivity contribution in [1.29, 1.82) is 0 Å². The van der Waals surface area contributed by atoms with Crippen LogP contribution in [0.15, 0.2) is 36.4 Å². The lowest BCUT2D eigenvalue weighted by atomic mass is 9.97. The molecule has 1 amide bonds. The third-order valence-electron chi connectivity index (χ3n) is 5.02. The van der Waals surface area contributed by atoms with Gasteiger partial charge in [0.25, 0.3) is 0 Å². The second-order valence-corrected chi connectivity index (χ2v) is 7.32. The molecule has 1 saturated heterocycles. The molecular weight excluding hydrogens is 340 g/mol. The highest BCUT2D eigenvalue weighted by atomic mass is 16.3. The quantitative estimate of drug-likeness (QED) is 0.696. The topological polar surface area (TPSA) is 91.5 Å². The van der Waals surface area contributed by atoms with Gasteiger partial charge >= 0.3 is 0 Å². The summed E-state index contributed by atoms with van der Waals surface area (Å²) in [5.74, 6) is -0.000258. The fourth-order valence-electron chi connectivity index (χ4n) is 3.59. The van der Waals surface area contributed by atoms with Crippen molar-refractivity contribution in [3.05, 3.63) is 58.9 Å². The summed E-state index contributed by atoms with van der Waals surface area (Å²) in [4.78, 5) is 18.1. The molecule has 0 saturated carbocycles. The number of pyridine rings is 1. The Morgan fingerprint density at radius 3 is 2.93 bits per heavy atom. The van der Waals surface area contributed by atoms with Crippen molar-refractivity contribution in [1.82, 2.24) is 15.2 Å². The molecule has 1 aliphatic heterocycles. The number of nitrogens with two attached hydrogens (primary N) is 1. The molecule has 2 aromatic rings. The van der Waals surface area contributed by atoms with Crippen molar-refractivity contribution in [3.63, 3.8) is 0 Å². The van der Waals surface area contributed by atoms with Crippen molar-refractivity contribution in [2.24, 2.45) is 11.7 Å². The first kappa shape index (κ1) is 19.3. The predicted molar refractivity (Wildman–Crippen MR) is 105 cm³/mol. The minimum atomic E-state index is -0.189. The zero-order chi connectivity index (χ0) is 19.2. The van der Waals surface area contributed by atoms with Crippen LogP contribution in [0.3, 0.4) is 0 Å². The Morgan fingerprint density at radius 1 is 1.30 bits per heavy atom. The summed E-state index contributed by atoms with van der Waals surface area (Å²) in [5, 5.41) is 13.2. The lowest BCUT2D eigenvalue weighted by molar-refractivity contribution is -0.123. The largest absolute Gasteiger partial charge is 0.506 e. The molecule has 1 aromatic carbocycles. The maximum Gasteiger partial charge on any atom is 0.221 e. The molecule has 6 heteroatoms. The summed E-state index contributed by atoms with van der Waals surface area (Å²) < 4.78 is 0. The van der Waals surface area contributed by atoms with Crippen LogP contribution < -0.4 is 11.1 Å². The second kappa shape index (κ2) is 8.97. The summed E-state index contributed by atoms with van der Waals surface area (Å²) in [7, 11) is 0. The standard InChI is InChI=1S/C21H28N4O2/c1-15-7-8-20(26)19(24-15)12-23-11-16-4-2-5-17(10-16)13-25-9-3-6-18(14-25)21(22)27/h2,4-5,7-8,10,18,23,26H,3,6,9,11-14H2,1H3,(H2,22,27). The number of hydrogen-bond donors (Lipinski definition) is 3. The molecule has 144 valence electrons. The van der Waals surface area contributed by atoms with Crippen LogP contribution in [-0.4, -0.2) is 34.0 Å². The molecule has 3 rings (SSSR count). The molecule has 1 unspecified atom stereocenters. The monoisotopic (exact) mass is 368 g/mol. The first-order valence-corrected chi connectivity index (χ1v) is 9.47. The van der Waals surface area contributed by atoms with E-state index in [0.717, 1.165) is 38.2 Å². The number of aromatic nitrogens is 1. The van der Waals surface area contributed by atoms with Crippen LogP contribution in [0.5, 0.6) is 5.75 Å². The summed E-state index contributed by atoms with van der Waals surface area (Å²) in [6, 6.07) is 11.9. The van der Waals surface area contributed by atoms with Gasteiger partial charge in [-0.3, -0.25) is 14.7 Å². The third kappa shape index (κ3) is 5.52. The summed E-state index contributed by atoms with van der Waals surface area (Å²) in [5.41, 5.74) is 9.44. The van der Waals surface area contributed by atoms with Gasteiger partial charge in [0, 0.05) is 31.9 Å². The molecule has 2 heterocycles. The van der Waals surface area contributed by atoms with Crippen LogP contribution in [0.25, 0.3) is 0 Å². The van der Waals surface area contributed by atoms with Crippen molar-refractivity contribution in [3.8, 4) is 5.75 Å². The van der Waals surface area contributed by atoms with Crippen LogP contribution in [0.4, 0.5) is 0 Å². The van der Waals surface area contributed by atoms with Crippen molar-refractivity contribution in [2.75, 3.05) is 13.1 Å². The zero-order valence-corrected chi connectivity index (χ0v) is 15.8. The smallest absolute Gasteiger partial charge is 0.221 e. The highest BCUT2D eigenvalue weighted by Crippen LogP contribution is 2.19. The zero-order valence-electron chi connectivity index (χ0n) is 15.8. The number of primary amides is 1. The van der Waals surface area contributed by atoms with Gasteiger partial charge in [0.2, 0.25) is 5.91 Å². The molecule has 6 nitrogen and oxygen atoms in total. The van der Waals surface area contributed by atoms with Gasteiger partial charge < -0.3 is 16.2 Å². The van der Waals surface area contributed by atoms with Crippen molar-refractivity contribution in [2.45, 2.75) is 39.4 Å². The lowest BCUT2D eigenvalue weighted by Gasteiger charge is -2.31. The van der Waals surface area contributed by atoms with Gasteiger partial charge in [-0.2, -0.15) is 0 Å². The maximum atomic E-state index is 11.5. The van der Waals surface area contributed by atoms with E-state index in [1.165, 1.54) is 11.1 Å². The molecule has 4 N–H and O–H groups in total. The Balaban J connectivity index is 1.54. The molecule has 1 atom stereocenters. The highest BCUT2D eigenvalue weighted by molar-refractivity contribution is 5.76. The molecule has 0 radical (unpaired) electrons. The van der Waals surface area contributed by atoms with E-state index < -0.39 is 0 Å². The number of nitrogens with zero attached hydrogens (tertiary/aromatic N) is 2. The highest BCUT2D eigenvalue weighted by Gasteiger charge is 2.23. The minimum Gasteiger partial charge on any atom is -0.506 e. The Labute approximate surface area is 160 Å². The molecule has 0 bridgehead atoms. The maximum absolute atomic E-state index is 11.5. The average Bonchev–Trinajstić information content (AvgIpc) is 2.65. The number of benzene rings is 1. The van der Waals surface area contributed by atoms with Gasteiger partial charge in [0.1, 0.15) is 5.75 Å². The Kier molecular flexibility index (Phi) is 6.42. The van der Waals surface area contributed by atoms with E-state index in [1.54, 1.807) is 12.1 Å². The van der Waals surface area contributed by atoms with Crippen molar-refractivity contribution >= 4 is 5.91 Å². The Morgan fingerprint density at radius 2 is 2.11 bits per heavy atom. The minimum absolute atomic E-state index is 0.0295. The van der Waals surface area contributed by atoms with Crippen LogP contribution in [-0.2, 0) is 24.4 Å². The SMILES string of the molecule is Cc1ccc(O)c(CNCc2cccc(CN3CCCC(C(N)=O)C3)c2)n1. The third-order valence-corrected chi connectivity index (χ3v) is 5.02. The van der Waals surface area contributed by atoms with Gasteiger partial charge in [-0.1, -0.05) is 24.3 Å². The number of piperidine rings is 1.